The van der Waals surface area contributed by atoms with Crippen LogP contribution < -0.4 is 9.47 Å². The van der Waals surface area contributed by atoms with Gasteiger partial charge in [-0.05, 0) is 37.6 Å². The second-order valence-electron chi connectivity index (χ2n) is 4.96. The SMILES string of the molecule is COc1cc2c3c(cc(OC)c2cc1C)[C@@H](C)OC3=O. The predicted octanol–water partition coefficient (Wildman–Crippen LogP) is 3.40. The monoisotopic (exact) mass is 272 g/mol. The van der Waals surface area contributed by atoms with E-state index in [0.29, 0.717) is 5.56 Å². The van der Waals surface area contributed by atoms with Crippen molar-refractivity contribution in [2.24, 2.45) is 0 Å². The molecule has 1 heterocycles. The van der Waals surface area contributed by atoms with Crippen molar-refractivity contribution in [3.05, 3.63) is 34.9 Å². The number of methoxy groups -OCH3 is 2. The van der Waals surface area contributed by atoms with Crippen LogP contribution >= 0.6 is 0 Å². The standard InChI is InChI=1S/C16H16O4/c1-8-5-11-12(7-13(8)18-3)15-10(6-14(11)19-4)9(2)20-16(15)17/h5-7,9H,1-4H3/t9-/m1/s1. The summed E-state index contributed by atoms with van der Waals surface area (Å²) < 4.78 is 16.1. The van der Waals surface area contributed by atoms with Gasteiger partial charge in [-0.1, -0.05) is 0 Å². The molecule has 1 atom stereocenters. The molecule has 0 bridgehead atoms. The zero-order chi connectivity index (χ0) is 14.4. The molecule has 0 unspecified atom stereocenters. The Morgan fingerprint density at radius 1 is 1.05 bits per heavy atom. The molecule has 20 heavy (non-hydrogen) atoms. The summed E-state index contributed by atoms with van der Waals surface area (Å²) in [5.74, 6) is 1.21. The number of hydrogen-bond acceptors (Lipinski definition) is 4. The first-order valence-corrected chi connectivity index (χ1v) is 6.47. The number of carbonyl (C=O) groups excluding carboxylic acids is 1. The lowest BCUT2D eigenvalue weighted by molar-refractivity contribution is 0.0423. The molecule has 2 aromatic carbocycles. The maximum absolute atomic E-state index is 12.1. The second kappa shape index (κ2) is 4.40. The van der Waals surface area contributed by atoms with Crippen molar-refractivity contribution < 1.29 is 19.0 Å². The largest absolute Gasteiger partial charge is 0.496 e. The molecule has 3 rings (SSSR count). The molecule has 4 nitrogen and oxygen atoms in total. The van der Waals surface area contributed by atoms with Gasteiger partial charge < -0.3 is 14.2 Å². The highest BCUT2D eigenvalue weighted by Crippen LogP contribution is 2.42. The normalized spacial score (nSPS) is 17.0. The van der Waals surface area contributed by atoms with Crippen molar-refractivity contribution in [2.75, 3.05) is 14.2 Å². The molecule has 0 N–H and O–H groups in total. The number of esters is 1. The Labute approximate surface area is 117 Å². The maximum atomic E-state index is 12.1. The quantitative estimate of drug-likeness (QED) is 0.786. The molecule has 1 aliphatic heterocycles. The molecular weight excluding hydrogens is 256 g/mol. The van der Waals surface area contributed by atoms with E-state index in [1.807, 2.05) is 32.0 Å². The third-order valence-corrected chi connectivity index (χ3v) is 3.79. The van der Waals surface area contributed by atoms with Gasteiger partial charge in [0.2, 0.25) is 0 Å². The van der Waals surface area contributed by atoms with Crippen molar-refractivity contribution in [3.8, 4) is 11.5 Å². The van der Waals surface area contributed by atoms with Crippen LogP contribution in [0.1, 0.15) is 34.5 Å². The molecular formula is C16H16O4. The average molecular weight is 272 g/mol. The zero-order valence-electron chi connectivity index (χ0n) is 11.9. The molecule has 1 aliphatic rings. The minimum Gasteiger partial charge on any atom is -0.496 e. The lowest BCUT2D eigenvalue weighted by Crippen LogP contribution is -1.98. The highest BCUT2D eigenvalue weighted by Gasteiger charge is 2.31. The molecule has 104 valence electrons. The summed E-state index contributed by atoms with van der Waals surface area (Å²) in [6.45, 7) is 3.83. The lowest BCUT2D eigenvalue weighted by Gasteiger charge is -2.13. The van der Waals surface area contributed by atoms with Gasteiger partial charge >= 0.3 is 5.97 Å². The van der Waals surface area contributed by atoms with E-state index in [2.05, 4.69) is 0 Å². The summed E-state index contributed by atoms with van der Waals surface area (Å²) in [6.07, 6.45) is -0.247. The highest BCUT2D eigenvalue weighted by molar-refractivity contribution is 6.10. The highest BCUT2D eigenvalue weighted by atomic mass is 16.5. The molecule has 0 radical (unpaired) electrons. The van der Waals surface area contributed by atoms with Crippen LogP contribution in [0, 0.1) is 6.92 Å². The van der Waals surface area contributed by atoms with Crippen LogP contribution in [0.4, 0.5) is 0 Å². The molecule has 2 aromatic rings. The maximum Gasteiger partial charge on any atom is 0.339 e. The molecule has 0 amide bonds. The summed E-state index contributed by atoms with van der Waals surface area (Å²) in [6, 6.07) is 5.74. The van der Waals surface area contributed by atoms with Crippen molar-refractivity contribution in [2.45, 2.75) is 20.0 Å². The first-order valence-electron chi connectivity index (χ1n) is 6.47. The number of benzene rings is 2. The van der Waals surface area contributed by atoms with Crippen molar-refractivity contribution in [1.29, 1.82) is 0 Å². The number of aryl methyl sites for hydroxylation is 1. The van der Waals surface area contributed by atoms with Crippen molar-refractivity contribution in [3.63, 3.8) is 0 Å². The van der Waals surface area contributed by atoms with Gasteiger partial charge in [0.1, 0.15) is 17.6 Å². The number of hydrogen-bond donors (Lipinski definition) is 0. The Morgan fingerprint density at radius 3 is 2.40 bits per heavy atom. The fourth-order valence-corrected chi connectivity index (χ4v) is 2.77. The second-order valence-corrected chi connectivity index (χ2v) is 4.96. The number of cyclic esters (lactones) is 1. The summed E-state index contributed by atoms with van der Waals surface area (Å²) in [5.41, 5.74) is 2.48. The number of carbonyl (C=O) groups is 1. The fourth-order valence-electron chi connectivity index (χ4n) is 2.77. The van der Waals surface area contributed by atoms with Crippen molar-refractivity contribution in [1.82, 2.24) is 0 Å². The van der Waals surface area contributed by atoms with E-state index < -0.39 is 0 Å². The average Bonchev–Trinajstić information content (AvgIpc) is 2.72. The number of fused-ring (bicyclic) bond motifs is 3. The molecule has 4 heteroatoms. The van der Waals surface area contributed by atoms with Crippen LogP contribution in [-0.2, 0) is 4.74 Å². The van der Waals surface area contributed by atoms with Gasteiger partial charge in [-0.2, -0.15) is 0 Å². The van der Waals surface area contributed by atoms with E-state index >= 15 is 0 Å². The van der Waals surface area contributed by atoms with E-state index in [1.165, 1.54) is 0 Å². The zero-order valence-corrected chi connectivity index (χ0v) is 11.9. The van der Waals surface area contributed by atoms with Gasteiger partial charge in [0.25, 0.3) is 0 Å². The van der Waals surface area contributed by atoms with Gasteiger partial charge in [0.05, 0.1) is 19.8 Å². The van der Waals surface area contributed by atoms with Gasteiger partial charge in [0.15, 0.2) is 0 Å². The Hall–Kier alpha value is -2.23. The molecule has 0 saturated heterocycles. The molecule has 0 aliphatic carbocycles. The summed E-state index contributed by atoms with van der Waals surface area (Å²) >= 11 is 0. The molecule has 0 aromatic heterocycles. The Kier molecular flexibility index (Phi) is 2.82. The van der Waals surface area contributed by atoms with E-state index in [4.69, 9.17) is 14.2 Å². The Balaban J connectivity index is 2.44. The van der Waals surface area contributed by atoms with Crippen LogP contribution in [0.5, 0.6) is 11.5 Å². The van der Waals surface area contributed by atoms with Crippen LogP contribution in [-0.4, -0.2) is 20.2 Å². The van der Waals surface area contributed by atoms with Crippen LogP contribution in [0.15, 0.2) is 18.2 Å². The topological polar surface area (TPSA) is 44.8 Å². The lowest BCUT2D eigenvalue weighted by atomic mass is 9.95. The smallest absolute Gasteiger partial charge is 0.339 e. The number of rotatable bonds is 2. The van der Waals surface area contributed by atoms with Gasteiger partial charge in [0, 0.05) is 16.3 Å². The van der Waals surface area contributed by atoms with Crippen LogP contribution in [0.25, 0.3) is 10.8 Å². The van der Waals surface area contributed by atoms with Crippen molar-refractivity contribution >= 4 is 16.7 Å². The van der Waals surface area contributed by atoms with Gasteiger partial charge in [-0.3, -0.25) is 0 Å². The van der Waals surface area contributed by atoms with E-state index in [0.717, 1.165) is 33.4 Å². The summed E-state index contributed by atoms with van der Waals surface area (Å²) in [7, 11) is 3.25. The van der Waals surface area contributed by atoms with E-state index in [9.17, 15) is 4.79 Å². The third kappa shape index (κ3) is 1.64. The van der Waals surface area contributed by atoms with Crippen LogP contribution in [0.3, 0.4) is 0 Å². The number of ether oxygens (including phenoxy) is 3. The minimum atomic E-state index is -0.286. The predicted molar refractivity (Wildman–Crippen MR) is 75.6 cm³/mol. The third-order valence-electron chi connectivity index (χ3n) is 3.79. The first-order chi connectivity index (χ1) is 9.56. The van der Waals surface area contributed by atoms with E-state index in [-0.39, 0.29) is 12.1 Å². The minimum absolute atomic E-state index is 0.247. The van der Waals surface area contributed by atoms with Gasteiger partial charge in [-0.15, -0.1) is 0 Å². The first kappa shape index (κ1) is 12.8. The van der Waals surface area contributed by atoms with E-state index in [1.54, 1.807) is 14.2 Å². The van der Waals surface area contributed by atoms with Gasteiger partial charge in [-0.25, -0.2) is 4.79 Å². The molecule has 0 fully saturated rings. The Bertz CT molecular complexity index is 718. The summed E-state index contributed by atoms with van der Waals surface area (Å²) in [5, 5.41) is 1.71. The summed E-state index contributed by atoms with van der Waals surface area (Å²) in [4.78, 5) is 12.1. The Morgan fingerprint density at radius 2 is 1.75 bits per heavy atom. The van der Waals surface area contributed by atoms with Crippen LogP contribution in [0.2, 0.25) is 0 Å². The molecule has 0 saturated carbocycles. The fraction of sp³-hybridized carbons (Fsp3) is 0.312. The molecule has 0 spiro atoms.